The lowest BCUT2D eigenvalue weighted by Gasteiger charge is -2.17. The topological polar surface area (TPSA) is 61.2 Å². The number of fused-ring (bicyclic) bond motifs is 1. The Balaban J connectivity index is 2.22. The number of methoxy groups -OCH3 is 1. The van der Waals surface area contributed by atoms with E-state index in [1.165, 1.54) is 29.3 Å². The molecule has 1 aromatic carbocycles. The minimum absolute atomic E-state index is 0.264. The number of carbonyl (C=O) groups is 1. The number of aromatic nitrogens is 2. The number of thiophene rings is 1. The SMILES string of the molecule is COC(=O)C(c1ccccc1)n1cnc2cc(Br)sc2c1=O. The number of hydrogen-bond donors (Lipinski definition) is 0. The van der Waals surface area contributed by atoms with E-state index in [0.29, 0.717) is 15.8 Å². The molecule has 0 aliphatic heterocycles. The van der Waals surface area contributed by atoms with Crippen LogP contribution in [0.15, 0.2) is 51.3 Å². The fourth-order valence-electron chi connectivity index (χ4n) is 2.24. The van der Waals surface area contributed by atoms with E-state index in [1.807, 2.05) is 18.2 Å². The molecule has 0 aliphatic carbocycles. The summed E-state index contributed by atoms with van der Waals surface area (Å²) in [7, 11) is 1.30. The fourth-order valence-corrected chi connectivity index (χ4v) is 3.71. The van der Waals surface area contributed by atoms with Gasteiger partial charge in [0.05, 0.1) is 22.7 Å². The Morgan fingerprint density at radius 3 is 2.77 bits per heavy atom. The van der Waals surface area contributed by atoms with Crippen LogP contribution in [0.5, 0.6) is 0 Å². The average molecular weight is 379 g/mol. The minimum Gasteiger partial charge on any atom is -0.467 e. The van der Waals surface area contributed by atoms with E-state index in [4.69, 9.17) is 4.74 Å². The van der Waals surface area contributed by atoms with Gasteiger partial charge in [-0.25, -0.2) is 9.78 Å². The van der Waals surface area contributed by atoms with Gasteiger partial charge in [0.15, 0.2) is 6.04 Å². The summed E-state index contributed by atoms with van der Waals surface area (Å²) in [6.45, 7) is 0. The highest BCUT2D eigenvalue weighted by Crippen LogP contribution is 2.27. The van der Waals surface area contributed by atoms with Crippen molar-refractivity contribution in [2.24, 2.45) is 0 Å². The highest BCUT2D eigenvalue weighted by Gasteiger charge is 2.25. The Labute approximate surface area is 138 Å². The summed E-state index contributed by atoms with van der Waals surface area (Å²) >= 11 is 4.64. The summed E-state index contributed by atoms with van der Waals surface area (Å²) in [5, 5.41) is 0. The van der Waals surface area contributed by atoms with E-state index in [1.54, 1.807) is 18.2 Å². The molecule has 5 nitrogen and oxygen atoms in total. The molecule has 0 spiro atoms. The van der Waals surface area contributed by atoms with Crippen LogP contribution in [0.4, 0.5) is 0 Å². The highest BCUT2D eigenvalue weighted by molar-refractivity contribution is 9.11. The maximum Gasteiger partial charge on any atom is 0.333 e. The predicted octanol–water partition coefficient (Wildman–Crippen LogP) is 2.98. The zero-order chi connectivity index (χ0) is 15.7. The van der Waals surface area contributed by atoms with E-state index in [-0.39, 0.29) is 5.56 Å². The number of hydrogen-bond acceptors (Lipinski definition) is 5. The number of ether oxygens (including phenoxy) is 1. The second-order valence-corrected chi connectivity index (χ2v) is 6.99. The molecule has 3 aromatic rings. The van der Waals surface area contributed by atoms with Crippen molar-refractivity contribution >= 4 is 43.5 Å². The van der Waals surface area contributed by atoms with Crippen LogP contribution in [0, 0.1) is 0 Å². The fraction of sp³-hybridized carbons (Fsp3) is 0.133. The van der Waals surface area contributed by atoms with E-state index in [9.17, 15) is 9.59 Å². The Kier molecular flexibility index (Phi) is 4.08. The Morgan fingerprint density at radius 2 is 2.09 bits per heavy atom. The summed E-state index contributed by atoms with van der Waals surface area (Å²) in [5.41, 5.74) is 1.02. The molecular formula is C15H11BrN2O3S. The second-order valence-electron chi connectivity index (χ2n) is 4.56. The molecule has 0 amide bonds. The summed E-state index contributed by atoms with van der Waals surface area (Å²) in [6.07, 6.45) is 1.39. The van der Waals surface area contributed by atoms with Crippen LogP contribution < -0.4 is 5.56 Å². The average Bonchev–Trinajstić information content (AvgIpc) is 2.92. The lowest BCUT2D eigenvalue weighted by molar-refractivity contribution is -0.143. The number of nitrogens with zero attached hydrogens (tertiary/aromatic N) is 2. The largest absolute Gasteiger partial charge is 0.467 e. The lowest BCUT2D eigenvalue weighted by atomic mass is 10.1. The number of rotatable bonds is 3. The van der Waals surface area contributed by atoms with Crippen LogP contribution >= 0.6 is 27.3 Å². The van der Waals surface area contributed by atoms with Crippen molar-refractivity contribution in [3.63, 3.8) is 0 Å². The minimum atomic E-state index is -0.850. The number of benzene rings is 1. The third-order valence-electron chi connectivity index (χ3n) is 3.25. The van der Waals surface area contributed by atoms with E-state index >= 15 is 0 Å². The van der Waals surface area contributed by atoms with Crippen molar-refractivity contribution in [2.45, 2.75) is 6.04 Å². The first kappa shape index (κ1) is 14.9. The van der Waals surface area contributed by atoms with E-state index < -0.39 is 12.0 Å². The lowest BCUT2D eigenvalue weighted by Crippen LogP contribution is -2.31. The van der Waals surface area contributed by atoms with Crippen molar-refractivity contribution in [3.05, 3.63) is 62.4 Å². The van der Waals surface area contributed by atoms with Gasteiger partial charge in [0.2, 0.25) is 0 Å². The number of halogens is 1. The third-order valence-corrected chi connectivity index (χ3v) is 4.87. The molecule has 112 valence electrons. The summed E-state index contributed by atoms with van der Waals surface area (Å²) in [5.74, 6) is -0.509. The first-order valence-corrected chi connectivity index (χ1v) is 8.01. The standard InChI is InChI=1S/C15H11BrN2O3S/c1-21-15(20)12(9-5-3-2-4-6-9)18-8-17-10-7-11(16)22-13(10)14(18)19/h2-8,12H,1H3. The molecule has 0 fully saturated rings. The van der Waals surface area contributed by atoms with Gasteiger partial charge in [-0.1, -0.05) is 30.3 Å². The van der Waals surface area contributed by atoms with Crippen molar-refractivity contribution in [1.82, 2.24) is 9.55 Å². The molecule has 2 heterocycles. The molecular weight excluding hydrogens is 368 g/mol. The number of esters is 1. The van der Waals surface area contributed by atoms with Gasteiger partial charge in [0.1, 0.15) is 4.70 Å². The van der Waals surface area contributed by atoms with E-state index in [2.05, 4.69) is 20.9 Å². The summed E-state index contributed by atoms with van der Waals surface area (Å²) < 4.78 is 7.49. The van der Waals surface area contributed by atoms with Crippen LogP contribution in [0.2, 0.25) is 0 Å². The number of carbonyl (C=O) groups excluding carboxylic acids is 1. The molecule has 0 radical (unpaired) electrons. The molecule has 1 atom stereocenters. The van der Waals surface area contributed by atoms with Gasteiger partial charge in [0, 0.05) is 0 Å². The molecule has 0 bridgehead atoms. The molecule has 2 aromatic heterocycles. The smallest absolute Gasteiger partial charge is 0.333 e. The second kappa shape index (κ2) is 6.02. The summed E-state index contributed by atoms with van der Waals surface area (Å²) in [4.78, 5) is 29.1. The van der Waals surface area contributed by atoms with Gasteiger partial charge in [0.25, 0.3) is 5.56 Å². The van der Waals surface area contributed by atoms with Gasteiger partial charge in [-0.05, 0) is 27.6 Å². The first-order valence-electron chi connectivity index (χ1n) is 6.41. The Bertz CT molecular complexity index is 889. The quantitative estimate of drug-likeness (QED) is 0.657. The molecule has 3 rings (SSSR count). The maximum atomic E-state index is 12.7. The molecule has 0 aliphatic rings. The van der Waals surface area contributed by atoms with Crippen LogP contribution in [0.1, 0.15) is 11.6 Å². The molecule has 7 heteroatoms. The van der Waals surface area contributed by atoms with Gasteiger partial charge in [-0.2, -0.15) is 0 Å². The molecule has 22 heavy (non-hydrogen) atoms. The van der Waals surface area contributed by atoms with Crippen molar-refractivity contribution < 1.29 is 9.53 Å². The van der Waals surface area contributed by atoms with Crippen LogP contribution in [-0.2, 0) is 9.53 Å². The summed E-state index contributed by atoms with van der Waals surface area (Å²) in [6, 6.07) is 9.95. The van der Waals surface area contributed by atoms with Gasteiger partial charge in [-0.3, -0.25) is 9.36 Å². The molecule has 0 saturated heterocycles. The zero-order valence-corrected chi connectivity index (χ0v) is 13.9. The van der Waals surface area contributed by atoms with E-state index in [0.717, 1.165) is 3.79 Å². The highest BCUT2D eigenvalue weighted by atomic mass is 79.9. The normalized spacial score (nSPS) is 12.3. The predicted molar refractivity (Wildman–Crippen MR) is 88.2 cm³/mol. The van der Waals surface area contributed by atoms with Gasteiger partial charge >= 0.3 is 5.97 Å². The van der Waals surface area contributed by atoms with Crippen molar-refractivity contribution in [3.8, 4) is 0 Å². The Morgan fingerprint density at radius 1 is 1.36 bits per heavy atom. The molecule has 1 unspecified atom stereocenters. The van der Waals surface area contributed by atoms with Crippen molar-refractivity contribution in [2.75, 3.05) is 7.11 Å². The molecule has 0 N–H and O–H groups in total. The molecule has 0 saturated carbocycles. The first-order chi connectivity index (χ1) is 10.6. The van der Waals surface area contributed by atoms with Gasteiger partial charge in [-0.15, -0.1) is 11.3 Å². The van der Waals surface area contributed by atoms with Crippen LogP contribution in [-0.4, -0.2) is 22.6 Å². The van der Waals surface area contributed by atoms with Crippen LogP contribution in [0.3, 0.4) is 0 Å². The van der Waals surface area contributed by atoms with Crippen molar-refractivity contribution in [1.29, 1.82) is 0 Å². The van der Waals surface area contributed by atoms with Gasteiger partial charge < -0.3 is 4.74 Å². The monoisotopic (exact) mass is 378 g/mol. The third kappa shape index (κ3) is 2.57. The maximum absolute atomic E-state index is 12.7. The zero-order valence-electron chi connectivity index (χ0n) is 11.5. The van der Waals surface area contributed by atoms with Crippen LogP contribution in [0.25, 0.3) is 10.2 Å². The Hall–Kier alpha value is -1.99.